The minimum absolute atomic E-state index is 0.0749. The number of carbonyl (C=O) groups is 1. The number of nitrogens with one attached hydrogen (secondary N) is 1. The Labute approximate surface area is 177 Å². The van der Waals surface area contributed by atoms with Crippen LogP contribution in [-0.4, -0.2) is 24.3 Å². The Morgan fingerprint density at radius 3 is 2.65 bits per heavy atom. The molecule has 1 aliphatic heterocycles. The first-order chi connectivity index (χ1) is 14.9. The fraction of sp³-hybridized carbons (Fsp3) is 0.167. The van der Waals surface area contributed by atoms with Gasteiger partial charge in [-0.25, -0.2) is 0 Å². The molecule has 0 fully saturated rings. The third kappa shape index (κ3) is 4.77. The zero-order valence-electron chi connectivity index (χ0n) is 16.4. The van der Waals surface area contributed by atoms with Gasteiger partial charge in [0.15, 0.2) is 0 Å². The van der Waals surface area contributed by atoms with Gasteiger partial charge in [-0.3, -0.25) is 9.79 Å². The normalized spacial score (nSPS) is 16.2. The van der Waals surface area contributed by atoms with Crippen LogP contribution in [-0.2, 0) is 0 Å². The summed E-state index contributed by atoms with van der Waals surface area (Å²) in [6.45, 7) is 0.277. The molecule has 31 heavy (non-hydrogen) atoms. The first kappa shape index (κ1) is 20.7. The van der Waals surface area contributed by atoms with E-state index in [4.69, 9.17) is 4.42 Å². The molecule has 0 bridgehead atoms. The third-order valence-corrected chi connectivity index (χ3v) is 5.00. The van der Waals surface area contributed by atoms with Crippen LogP contribution >= 0.6 is 0 Å². The van der Waals surface area contributed by atoms with E-state index < -0.39 is 11.7 Å². The molecule has 2 heterocycles. The van der Waals surface area contributed by atoms with Crippen molar-refractivity contribution in [3.8, 4) is 0 Å². The number of carbonyl (C=O) groups excluding carboxylic acids is 1. The smallest absolute Gasteiger partial charge is 0.418 e. The summed E-state index contributed by atoms with van der Waals surface area (Å²) in [4.78, 5) is 16.5. The molecule has 1 aromatic heterocycles. The van der Waals surface area contributed by atoms with E-state index >= 15 is 0 Å². The lowest BCUT2D eigenvalue weighted by molar-refractivity contribution is -0.0859. The fourth-order valence-electron chi connectivity index (χ4n) is 3.41. The van der Waals surface area contributed by atoms with E-state index in [0.717, 1.165) is 6.08 Å². The number of furan rings is 1. The molecular weight excluding hydrogens is 405 g/mol. The van der Waals surface area contributed by atoms with Crippen LogP contribution in [0, 0.1) is 0 Å². The van der Waals surface area contributed by atoms with Crippen LogP contribution in [0.25, 0.3) is 5.57 Å². The molecule has 158 valence electrons. The summed E-state index contributed by atoms with van der Waals surface area (Å²) in [5.74, 6) is -0.232. The Bertz CT molecular complexity index is 1120. The highest BCUT2D eigenvalue weighted by Crippen LogP contribution is 2.37. The molecule has 0 saturated carbocycles. The van der Waals surface area contributed by atoms with Crippen LogP contribution in [0.5, 0.6) is 0 Å². The first-order valence-electron chi connectivity index (χ1n) is 9.76. The van der Waals surface area contributed by atoms with Crippen molar-refractivity contribution in [2.45, 2.75) is 19.0 Å². The molecule has 0 spiro atoms. The van der Waals surface area contributed by atoms with Crippen LogP contribution in [0.4, 0.5) is 13.2 Å². The van der Waals surface area contributed by atoms with E-state index in [1.165, 1.54) is 12.5 Å². The average Bonchev–Trinajstić information content (AvgIpc) is 3.22. The second-order valence-electron chi connectivity index (χ2n) is 7.11. The van der Waals surface area contributed by atoms with Gasteiger partial charge in [-0.2, -0.15) is 13.2 Å². The van der Waals surface area contributed by atoms with Crippen molar-refractivity contribution >= 4 is 17.2 Å². The molecule has 0 atom stereocenters. The predicted octanol–water partition coefficient (Wildman–Crippen LogP) is 5.64. The number of halogens is 3. The zero-order valence-corrected chi connectivity index (χ0v) is 16.4. The fourth-order valence-corrected chi connectivity index (χ4v) is 3.41. The Hall–Kier alpha value is -3.61. The zero-order chi connectivity index (χ0) is 21.8. The number of hydrogen-bond donors (Lipinski definition) is 1. The van der Waals surface area contributed by atoms with Crippen LogP contribution in [0.3, 0.4) is 0 Å². The van der Waals surface area contributed by atoms with Crippen LogP contribution < -0.4 is 5.32 Å². The quantitative estimate of drug-likeness (QED) is 0.675. The molecule has 0 unspecified atom stereocenters. The van der Waals surface area contributed by atoms with Gasteiger partial charge in [-0.15, -0.1) is 0 Å². The molecule has 2 aliphatic rings. The Morgan fingerprint density at radius 2 is 1.94 bits per heavy atom. The summed E-state index contributed by atoms with van der Waals surface area (Å²) in [5, 5.41) is 2.78. The van der Waals surface area contributed by atoms with Gasteiger partial charge in [0, 0.05) is 29.8 Å². The highest BCUT2D eigenvalue weighted by molar-refractivity contribution is 6.16. The molecular formula is C24H19F3N2O2. The summed E-state index contributed by atoms with van der Waals surface area (Å²) in [7, 11) is 0. The van der Waals surface area contributed by atoms with Gasteiger partial charge in [0.25, 0.3) is 5.91 Å². The number of hydrogen-bond acceptors (Lipinski definition) is 3. The van der Waals surface area contributed by atoms with E-state index in [-0.39, 0.29) is 18.2 Å². The number of amides is 1. The van der Waals surface area contributed by atoms with Gasteiger partial charge < -0.3 is 9.73 Å². The molecule has 4 rings (SSSR count). The van der Waals surface area contributed by atoms with Crippen LogP contribution in [0.15, 0.2) is 99.5 Å². The van der Waals surface area contributed by atoms with E-state index in [1.54, 1.807) is 48.6 Å². The van der Waals surface area contributed by atoms with Crippen molar-refractivity contribution in [1.29, 1.82) is 0 Å². The summed E-state index contributed by atoms with van der Waals surface area (Å²) in [5.41, 5.74) is 1.65. The van der Waals surface area contributed by atoms with Gasteiger partial charge in [0.05, 0.1) is 23.8 Å². The van der Waals surface area contributed by atoms with Gasteiger partial charge in [-0.1, -0.05) is 36.4 Å². The molecule has 4 nitrogen and oxygen atoms in total. The number of rotatable bonds is 5. The lowest BCUT2D eigenvalue weighted by Crippen LogP contribution is -2.26. The molecule has 7 heteroatoms. The van der Waals surface area contributed by atoms with Gasteiger partial charge in [-0.05, 0) is 41.8 Å². The summed E-state index contributed by atoms with van der Waals surface area (Å²) < 4.78 is 46.6. The van der Waals surface area contributed by atoms with Crippen LogP contribution in [0.2, 0.25) is 0 Å². The lowest BCUT2D eigenvalue weighted by atomic mass is 9.95. The van der Waals surface area contributed by atoms with Crippen molar-refractivity contribution in [3.63, 3.8) is 0 Å². The van der Waals surface area contributed by atoms with Crippen molar-refractivity contribution in [1.82, 2.24) is 5.32 Å². The third-order valence-electron chi connectivity index (χ3n) is 5.00. The van der Waals surface area contributed by atoms with Crippen molar-refractivity contribution in [2.24, 2.45) is 4.99 Å². The minimum atomic E-state index is -4.56. The number of fused-ring (bicyclic) bond motifs is 1. The first-order valence-corrected chi connectivity index (χ1v) is 9.76. The van der Waals surface area contributed by atoms with E-state index in [0.29, 0.717) is 40.8 Å². The van der Waals surface area contributed by atoms with Crippen LogP contribution in [0.1, 0.15) is 28.8 Å². The largest absolute Gasteiger partial charge is 0.472 e. The molecule has 1 amide bonds. The molecule has 0 saturated heterocycles. The SMILES string of the molecule is O=C(NCCC1=CCC2=CC=C(c3ccoc3)C=C(C(F)(F)F)C2=N1)c1ccccc1. The Kier molecular flexibility index (Phi) is 5.75. The molecule has 2 aromatic rings. The lowest BCUT2D eigenvalue weighted by Gasteiger charge is -2.20. The van der Waals surface area contributed by atoms with E-state index in [1.807, 2.05) is 6.07 Å². The number of benzene rings is 1. The van der Waals surface area contributed by atoms with Gasteiger partial charge in [0.1, 0.15) is 0 Å². The summed E-state index contributed by atoms with van der Waals surface area (Å²) in [6, 6.07) is 10.4. The van der Waals surface area contributed by atoms with Crippen molar-refractivity contribution < 1.29 is 22.4 Å². The number of nitrogens with zero attached hydrogens (tertiary/aromatic N) is 1. The Balaban J connectivity index is 1.52. The molecule has 1 aromatic carbocycles. The monoisotopic (exact) mass is 424 g/mol. The molecule has 1 N–H and O–H groups in total. The highest BCUT2D eigenvalue weighted by atomic mass is 19.4. The Morgan fingerprint density at radius 1 is 1.13 bits per heavy atom. The maximum absolute atomic E-state index is 13.9. The van der Waals surface area contributed by atoms with Gasteiger partial charge in [0.2, 0.25) is 0 Å². The summed E-state index contributed by atoms with van der Waals surface area (Å²) in [6.07, 6.45) is 5.16. The maximum atomic E-state index is 13.9. The second-order valence-corrected chi connectivity index (χ2v) is 7.11. The molecule has 0 radical (unpaired) electrons. The number of allylic oxidation sites excluding steroid dienone is 7. The average molecular weight is 424 g/mol. The van der Waals surface area contributed by atoms with Crippen molar-refractivity contribution in [3.05, 3.63) is 101 Å². The number of aliphatic imine (C=N–C) groups is 1. The van der Waals surface area contributed by atoms with E-state index in [9.17, 15) is 18.0 Å². The minimum Gasteiger partial charge on any atom is -0.472 e. The molecule has 1 aliphatic carbocycles. The topological polar surface area (TPSA) is 54.6 Å². The maximum Gasteiger partial charge on any atom is 0.418 e. The van der Waals surface area contributed by atoms with Crippen molar-refractivity contribution in [2.75, 3.05) is 6.54 Å². The van der Waals surface area contributed by atoms with Gasteiger partial charge >= 0.3 is 6.18 Å². The predicted molar refractivity (Wildman–Crippen MR) is 112 cm³/mol. The highest BCUT2D eigenvalue weighted by Gasteiger charge is 2.39. The second kappa shape index (κ2) is 8.63. The van der Waals surface area contributed by atoms with E-state index in [2.05, 4.69) is 10.3 Å². The summed E-state index contributed by atoms with van der Waals surface area (Å²) >= 11 is 0. The standard InChI is InChI=1S/C24H19F3N2O2/c25-24(26,27)21-14-18(19-11-13-31-15-19)7-6-16-8-9-20(29-22(16)21)10-12-28-23(30)17-4-2-1-3-5-17/h1-7,9,11,13-15H,8,10,12H2,(H,28,30). The number of alkyl halides is 3.